The highest BCUT2D eigenvalue weighted by molar-refractivity contribution is 7.89. The predicted octanol–water partition coefficient (Wildman–Crippen LogP) is 2.20. The molecule has 6 heteroatoms. The number of hydrogen-bond donors (Lipinski definition) is 1. The lowest BCUT2D eigenvalue weighted by atomic mass is 10.3. The van der Waals surface area contributed by atoms with Gasteiger partial charge in [0.25, 0.3) is 10.0 Å². The Morgan fingerprint density at radius 2 is 2.05 bits per heavy atom. The maximum Gasteiger partial charge on any atom is 0.276 e. The molecule has 0 aliphatic carbocycles. The molecule has 110 valence electrons. The third-order valence-electron chi connectivity index (χ3n) is 3.21. The second-order valence-corrected chi connectivity index (χ2v) is 6.60. The van der Waals surface area contributed by atoms with Crippen molar-refractivity contribution in [1.29, 1.82) is 0 Å². The zero-order chi connectivity index (χ0) is 14.5. The lowest BCUT2D eigenvalue weighted by Gasteiger charge is -2.21. The zero-order valence-corrected chi connectivity index (χ0v) is 13.0. The van der Waals surface area contributed by atoms with Crippen molar-refractivity contribution in [2.75, 3.05) is 13.6 Å². The van der Waals surface area contributed by atoms with Crippen LogP contribution in [0, 0.1) is 0 Å². The molecule has 1 atom stereocenters. The fourth-order valence-electron chi connectivity index (χ4n) is 1.62. The average molecular weight is 288 g/mol. The fourth-order valence-corrected chi connectivity index (χ4v) is 2.98. The van der Waals surface area contributed by atoms with Gasteiger partial charge in [-0.25, -0.2) is 8.42 Å². The van der Waals surface area contributed by atoms with E-state index in [0.717, 1.165) is 19.4 Å². The van der Waals surface area contributed by atoms with Gasteiger partial charge in [-0.2, -0.15) is 4.31 Å². The highest BCUT2D eigenvalue weighted by Crippen LogP contribution is 2.20. The van der Waals surface area contributed by atoms with Gasteiger partial charge in [0.1, 0.15) is 5.76 Å². The molecule has 5 nitrogen and oxygen atoms in total. The van der Waals surface area contributed by atoms with Crippen LogP contribution in [0.1, 0.15) is 39.4 Å². The lowest BCUT2D eigenvalue weighted by Crippen LogP contribution is -2.34. The van der Waals surface area contributed by atoms with Crippen molar-refractivity contribution in [1.82, 2.24) is 9.62 Å². The smallest absolute Gasteiger partial charge is 0.276 e. The van der Waals surface area contributed by atoms with Gasteiger partial charge in [-0.05, 0) is 38.4 Å². The largest absolute Gasteiger partial charge is 0.447 e. The van der Waals surface area contributed by atoms with E-state index in [9.17, 15) is 8.42 Å². The maximum absolute atomic E-state index is 12.3. The Balaban J connectivity index is 2.79. The molecule has 0 aromatic carbocycles. The summed E-state index contributed by atoms with van der Waals surface area (Å²) in [5.41, 5.74) is 0. The molecule has 0 bridgehead atoms. The second-order valence-electron chi connectivity index (χ2n) is 4.68. The predicted molar refractivity (Wildman–Crippen MR) is 75.4 cm³/mol. The van der Waals surface area contributed by atoms with Crippen LogP contribution in [-0.4, -0.2) is 32.4 Å². The second kappa shape index (κ2) is 7.07. The van der Waals surface area contributed by atoms with Gasteiger partial charge in [-0.1, -0.05) is 13.8 Å². The molecule has 0 fully saturated rings. The molecule has 1 aromatic heterocycles. The molecule has 0 aliphatic rings. The summed E-state index contributed by atoms with van der Waals surface area (Å²) in [5, 5.41) is 3.19. The first-order chi connectivity index (χ1) is 8.93. The summed E-state index contributed by atoms with van der Waals surface area (Å²) in [5.74, 6) is 0.643. The molecule has 1 rings (SSSR count). The highest BCUT2D eigenvalue weighted by atomic mass is 32.2. The van der Waals surface area contributed by atoms with E-state index in [1.807, 2.05) is 13.8 Å². The number of hydrogen-bond acceptors (Lipinski definition) is 4. The molecule has 0 radical (unpaired) electrons. The number of rotatable bonds is 8. The van der Waals surface area contributed by atoms with Gasteiger partial charge < -0.3 is 9.73 Å². The van der Waals surface area contributed by atoms with Crippen LogP contribution in [0.4, 0.5) is 0 Å². The lowest BCUT2D eigenvalue weighted by molar-refractivity contribution is 0.348. The molecule has 0 spiro atoms. The van der Waals surface area contributed by atoms with E-state index in [4.69, 9.17) is 4.42 Å². The van der Waals surface area contributed by atoms with Crippen LogP contribution in [0.15, 0.2) is 21.6 Å². The van der Waals surface area contributed by atoms with Crippen LogP contribution < -0.4 is 5.32 Å². The molecule has 0 amide bonds. The van der Waals surface area contributed by atoms with E-state index in [-0.39, 0.29) is 11.1 Å². The van der Waals surface area contributed by atoms with Crippen molar-refractivity contribution in [3.63, 3.8) is 0 Å². The van der Waals surface area contributed by atoms with Gasteiger partial charge in [0.05, 0.1) is 6.54 Å². The van der Waals surface area contributed by atoms with E-state index >= 15 is 0 Å². The first kappa shape index (κ1) is 16.2. The molecule has 1 aromatic rings. The maximum atomic E-state index is 12.3. The highest BCUT2D eigenvalue weighted by Gasteiger charge is 2.27. The summed E-state index contributed by atoms with van der Waals surface area (Å²) in [6, 6.07) is 3.19. The molecular weight excluding hydrogens is 264 g/mol. The number of nitrogens with zero attached hydrogens (tertiary/aromatic N) is 1. The average Bonchev–Trinajstić information content (AvgIpc) is 2.86. The van der Waals surface area contributed by atoms with Crippen LogP contribution in [-0.2, 0) is 16.6 Å². The zero-order valence-electron chi connectivity index (χ0n) is 12.1. The Labute approximate surface area is 116 Å². The summed E-state index contributed by atoms with van der Waals surface area (Å²) in [7, 11) is -1.94. The Morgan fingerprint density at radius 1 is 1.37 bits per heavy atom. The monoisotopic (exact) mass is 288 g/mol. The van der Waals surface area contributed by atoms with Gasteiger partial charge in [-0.3, -0.25) is 0 Å². The van der Waals surface area contributed by atoms with Crippen molar-refractivity contribution in [2.45, 2.75) is 51.3 Å². The standard InChI is InChI=1S/C13H24N2O3S/c1-5-9-14-10-12-7-8-13(18-12)19(16,17)15(4)11(3)6-2/h7-8,11,14H,5-6,9-10H2,1-4H3. The molecule has 0 aliphatic heterocycles. The minimum atomic E-state index is -3.52. The van der Waals surface area contributed by atoms with Crippen LogP contribution in [0.2, 0.25) is 0 Å². The topological polar surface area (TPSA) is 62.6 Å². The van der Waals surface area contributed by atoms with Crippen molar-refractivity contribution < 1.29 is 12.8 Å². The normalized spacial score (nSPS) is 13.9. The Bertz CT molecular complexity index is 482. The van der Waals surface area contributed by atoms with Gasteiger partial charge >= 0.3 is 0 Å². The van der Waals surface area contributed by atoms with E-state index < -0.39 is 10.0 Å². The Hall–Kier alpha value is -0.850. The molecule has 1 N–H and O–H groups in total. The van der Waals surface area contributed by atoms with E-state index in [0.29, 0.717) is 12.3 Å². The summed E-state index contributed by atoms with van der Waals surface area (Å²) in [4.78, 5) is 0. The summed E-state index contributed by atoms with van der Waals surface area (Å²) in [6.45, 7) is 7.35. The van der Waals surface area contributed by atoms with Crippen molar-refractivity contribution in [2.24, 2.45) is 0 Å². The van der Waals surface area contributed by atoms with Crippen molar-refractivity contribution in [3.8, 4) is 0 Å². The Morgan fingerprint density at radius 3 is 2.63 bits per heavy atom. The molecule has 1 heterocycles. The summed E-state index contributed by atoms with van der Waals surface area (Å²) < 4.78 is 31.4. The summed E-state index contributed by atoms with van der Waals surface area (Å²) >= 11 is 0. The minimum Gasteiger partial charge on any atom is -0.447 e. The first-order valence-electron chi connectivity index (χ1n) is 6.70. The van der Waals surface area contributed by atoms with Crippen molar-refractivity contribution in [3.05, 3.63) is 17.9 Å². The van der Waals surface area contributed by atoms with Crippen LogP contribution in [0.5, 0.6) is 0 Å². The van der Waals surface area contributed by atoms with E-state index in [1.165, 1.54) is 10.4 Å². The third-order valence-corrected chi connectivity index (χ3v) is 5.05. The van der Waals surface area contributed by atoms with E-state index in [2.05, 4.69) is 12.2 Å². The molecule has 1 unspecified atom stereocenters. The van der Waals surface area contributed by atoms with E-state index in [1.54, 1.807) is 13.1 Å². The van der Waals surface area contributed by atoms with Gasteiger partial charge in [0.15, 0.2) is 0 Å². The van der Waals surface area contributed by atoms with Crippen LogP contribution in [0.25, 0.3) is 0 Å². The van der Waals surface area contributed by atoms with Crippen LogP contribution >= 0.6 is 0 Å². The summed E-state index contributed by atoms with van der Waals surface area (Å²) in [6.07, 6.45) is 1.80. The fraction of sp³-hybridized carbons (Fsp3) is 0.692. The van der Waals surface area contributed by atoms with Crippen molar-refractivity contribution >= 4 is 10.0 Å². The molecular formula is C13H24N2O3S. The van der Waals surface area contributed by atoms with Gasteiger partial charge in [0, 0.05) is 13.1 Å². The molecule has 0 saturated heterocycles. The SMILES string of the molecule is CCCNCc1ccc(S(=O)(=O)N(C)C(C)CC)o1. The quantitative estimate of drug-likeness (QED) is 0.745. The Kier molecular flexibility index (Phi) is 6.03. The van der Waals surface area contributed by atoms with Gasteiger partial charge in [-0.15, -0.1) is 0 Å². The first-order valence-corrected chi connectivity index (χ1v) is 8.14. The minimum absolute atomic E-state index is 0.0172. The molecule has 0 saturated carbocycles. The molecule has 19 heavy (non-hydrogen) atoms. The number of furan rings is 1. The number of nitrogens with one attached hydrogen (secondary N) is 1. The van der Waals surface area contributed by atoms with Gasteiger partial charge in [0.2, 0.25) is 5.09 Å². The number of sulfonamides is 1. The van der Waals surface area contributed by atoms with Crippen LogP contribution in [0.3, 0.4) is 0 Å². The third kappa shape index (κ3) is 4.06.